The van der Waals surface area contributed by atoms with Crippen molar-refractivity contribution in [3.05, 3.63) is 11.8 Å². The van der Waals surface area contributed by atoms with Crippen LogP contribution in [0.3, 0.4) is 0 Å². The van der Waals surface area contributed by atoms with E-state index >= 15 is 0 Å². The Hall–Kier alpha value is -1.74. The molecule has 0 bridgehead atoms. The number of anilines is 1. The summed E-state index contributed by atoms with van der Waals surface area (Å²) in [6.45, 7) is 8.01. The zero-order chi connectivity index (χ0) is 20.5. The molecule has 4 heterocycles. The highest BCUT2D eigenvalue weighted by molar-refractivity contribution is 5.81. The number of likely N-dealkylation sites (tertiary alicyclic amines) is 1. The van der Waals surface area contributed by atoms with Crippen LogP contribution in [0.1, 0.15) is 37.9 Å². The summed E-state index contributed by atoms with van der Waals surface area (Å²) in [6, 6.07) is 0.665. The highest BCUT2D eigenvalue weighted by Crippen LogP contribution is 2.36. The molecule has 29 heavy (non-hydrogen) atoms. The summed E-state index contributed by atoms with van der Waals surface area (Å²) < 4.78 is 34.2. The number of ether oxygens (including phenoxy) is 1. The van der Waals surface area contributed by atoms with Gasteiger partial charge in [-0.3, -0.25) is 9.69 Å². The van der Waals surface area contributed by atoms with E-state index in [1.165, 1.54) is 4.68 Å². The molecule has 3 aliphatic heterocycles. The highest BCUT2D eigenvalue weighted by atomic mass is 19.3. The van der Waals surface area contributed by atoms with Crippen LogP contribution in [0.15, 0.2) is 6.07 Å². The molecule has 2 saturated heterocycles. The topological polar surface area (TPSA) is 62.6 Å². The predicted molar refractivity (Wildman–Crippen MR) is 105 cm³/mol. The zero-order valence-corrected chi connectivity index (χ0v) is 17.2. The Labute approximate surface area is 170 Å². The van der Waals surface area contributed by atoms with Gasteiger partial charge in [0, 0.05) is 38.3 Å². The maximum Gasteiger partial charge on any atom is 0.260 e. The molecule has 9 heteroatoms. The van der Waals surface area contributed by atoms with Gasteiger partial charge in [0.1, 0.15) is 11.9 Å². The van der Waals surface area contributed by atoms with Gasteiger partial charge in [-0.2, -0.15) is 5.10 Å². The number of piperidine rings is 1. The first kappa shape index (κ1) is 20.5. The number of amides is 1. The molecule has 0 spiro atoms. The van der Waals surface area contributed by atoms with E-state index in [2.05, 4.69) is 15.3 Å². The number of carbonyl (C=O) groups excluding carboxylic acids is 1. The number of aryl methyl sites for hydroxylation is 1. The highest BCUT2D eigenvalue weighted by Gasteiger charge is 2.39. The van der Waals surface area contributed by atoms with Crippen LogP contribution < -0.4 is 5.32 Å². The van der Waals surface area contributed by atoms with Gasteiger partial charge in [-0.15, -0.1) is 0 Å². The normalized spacial score (nSPS) is 29.4. The average Bonchev–Trinajstić information content (AvgIpc) is 3.12. The van der Waals surface area contributed by atoms with Gasteiger partial charge in [0.2, 0.25) is 5.91 Å². The van der Waals surface area contributed by atoms with Gasteiger partial charge in [-0.25, -0.2) is 13.5 Å². The number of halogens is 2. The molecule has 2 fully saturated rings. The fourth-order valence-corrected chi connectivity index (χ4v) is 4.93. The lowest BCUT2D eigenvalue weighted by atomic mass is 9.85. The van der Waals surface area contributed by atoms with Crippen LogP contribution in [0.5, 0.6) is 0 Å². The second kappa shape index (κ2) is 8.55. The molecule has 162 valence electrons. The molecular formula is C20H31F2N5O2. The van der Waals surface area contributed by atoms with Crippen LogP contribution in [0, 0.1) is 12.8 Å². The van der Waals surface area contributed by atoms with Crippen molar-refractivity contribution < 1.29 is 18.3 Å². The number of morpholine rings is 1. The third-order valence-corrected chi connectivity index (χ3v) is 6.58. The van der Waals surface area contributed by atoms with Crippen molar-refractivity contribution in [2.45, 2.75) is 57.7 Å². The van der Waals surface area contributed by atoms with Gasteiger partial charge in [0.25, 0.3) is 6.43 Å². The fraction of sp³-hybridized carbons (Fsp3) is 0.800. The second-order valence-corrected chi connectivity index (χ2v) is 8.51. The summed E-state index contributed by atoms with van der Waals surface area (Å²) in [5.74, 6) is 0.961. The standard InChI is InChI=1S/C20H31F2N5O2/c1-13-10-18-23-16(11-17(19(21)22)27(18)24-13)15-4-3-5-26(12-15)20(28)14(2)25-6-8-29-9-7-25/h10,14-17,19,23H,3-9,11-12H2,1-2H3/t14-,15-,16-,17+/m0/s1. The third-order valence-electron chi connectivity index (χ3n) is 6.58. The van der Waals surface area contributed by atoms with E-state index in [4.69, 9.17) is 4.74 Å². The third kappa shape index (κ3) is 4.26. The Bertz CT molecular complexity index is 722. The molecule has 4 atom stereocenters. The second-order valence-electron chi connectivity index (χ2n) is 8.51. The molecule has 1 amide bonds. The van der Waals surface area contributed by atoms with Crippen molar-refractivity contribution in [3.8, 4) is 0 Å². The van der Waals surface area contributed by atoms with E-state index in [-0.39, 0.29) is 23.9 Å². The molecule has 0 unspecified atom stereocenters. The minimum Gasteiger partial charge on any atom is -0.379 e. The van der Waals surface area contributed by atoms with Crippen LogP contribution in [-0.2, 0) is 9.53 Å². The van der Waals surface area contributed by atoms with Crippen LogP contribution in [0.4, 0.5) is 14.6 Å². The number of hydrogen-bond acceptors (Lipinski definition) is 5. The Morgan fingerprint density at radius 2 is 2.07 bits per heavy atom. The molecule has 0 aromatic carbocycles. The number of nitrogens with one attached hydrogen (secondary N) is 1. The summed E-state index contributed by atoms with van der Waals surface area (Å²) >= 11 is 0. The molecule has 3 aliphatic rings. The van der Waals surface area contributed by atoms with E-state index < -0.39 is 12.5 Å². The van der Waals surface area contributed by atoms with Crippen molar-refractivity contribution in [1.29, 1.82) is 0 Å². The Balaban J connectivity index is 1.43. The fourth-order valence-electron chi connectivity index (χ4n) is 4.93. The molecule has 1 N–H and O–H groups in total. The van der Waals surface area contributed by atoms with Crippen molar-refractivity contribution in [3.63, 3.8) is 0 Å². The van der Waals surface area contributed by atoms with E-state index in [0.29, 0.717) is 32.0 Å². The SMILES string of the molecule is Cc1cc2n(n1)[C@@H](C(F)F)C[C@@H]([C@H]1CCCN(C(=O)[C@H](C)N3CCOCC3)C1)N2. The van der Waals surface area contributed by atoms with Gasteiger partial charge in [-0.1, -0.05) is 0 Å². The Morgan fingerprint density at radius 1 is 1.31 bits per heavy atom. The van der Waals surface area contributed by atoms with Gasteiger partial charge < -0.3 is 15.0 Å². The number of rotatable bonds is 4. The zero-order valence-electron chi connectivity index (χ0n) is 17.2. The first-order valence-corrected chi connectivity index (χ1v) is 10.7. The lowest BCUT2D eigenvalue weighted by Gasteiger charge is -2.42. The molecule has 7 nitrogen and oxygen atoms in total. The molecular weight excluding hydrogens is 380 g/mol. The molecule has 0 radical (unpaired) electrons. The molecule has 1 aromatic rings. The van der Waals surface area contributed by atoms with Crippen molar-refractivity contribution in [1.82, 2.24) is 19.6 Å². The quantitative estimate of drug-likeness (QED) is 0.823. The molecule has 4 rings (SSSR count). The van der Waals surface area contributed by atoms with Gasteiger partial charge in [0.15, 0.2) is 0 Å². The van der Waals surface area contributed by atoms with Crippen LogP contribution in [0.25, 0.3) is 0 Å². The summed E-state index contributed by atoms with van der Waals surface area (Å²) in [7, 11) is 0. The number of nitrogens with zero attached hydrogens (tertiary/aromatic N) is 4. The lowest BCUT2D eigenvalue weighted by Crippen LogP contribution is -2.54. The van der Waals surface area contributed by atoms with Crippen LogP contribution in [0.2, 0.25) is 0 Å². The van der Waals surface area contributed by atoms with E-state index in [1.54, 1.807) is 0 Å². The minimum atomic E-state index is -2.46. The van der Waals surface area contributed by atoms with Crippen molar-refractivity contribution in [2.24, 2.45) is 5.92 Å². The minimum absolute atomic E-state index is 0.0770. The maximum absolute atomic E-state index is 13.7. The Morgan fingerprint density at radius 3 is 2.79 bits per heavy atom. The van der Waals surface area contributed by atoms with Crippen molar-refractivity contribution in [2.75, 3.05) is 44.7 Å². The van der Waals surface area contributed by atoms with Crippen LogP contribution in [-0.4, -0.2) is 83.4 Å². The number of fused-ring (bicyclic) bond motifs is 1. The predicted octanol–water partition coefficient (Wildman–Crippen LogP) is 2.14. The summed E-state index contributed by atoms with van der Waals surface area (Å²) in [5.41, 5.74) is 0.735. The average molecular weight is 411 g/mol. The summed E-state index contributed by atoms with van der Waals surface area (Å²) in [4.78, 5) is 17.2. The van der Waals surface area contributed by atoms with E-state index in [9.17, 15) is 13.6 Å². The largest absolute Gasteiger partial charge is 0.379 e. The summed E-state index contributed by atoms with van der Waals surface area (Å²) in [6.07, 6.45) is -0.281. The smallest absolute Gasteiger partial charge is 0.260 e. The van der Waals surface area contributed by atoms with Gasteiger partial charge >= 0.3 is 0 Å². The number of aromatic nitrogens is 2. The lowest BCUT2D eigenvalue weighted by molar-refractivity contribution is -0.140. The van der Waals surface area contributed by atoms with Gasteiger partial charge in [0.05, 0.1) is 24.9 Å². The van der Waals surface area contributed by atoms with E-state index in [1.807, 2.05) is 24.8 Å². The molecule has 0 saturated carbocycles. The first-order chi connectivity index (χ1) is 13.9. The first-order valence-electron chi connectivity index (χ1n) is 10.7. The Kier molecular flexibility index (Phi) is 6.06. The monoisotopic (exact) mass is 411 g/mol. The molecule has 0 aliphatic carbocycles. The van der Waals surface area contributed by atoms with Gasteiger partial charge in [-0.05, 0) is 39.0 Å². The number of hydrogen-bond donors (Lipinski definition) is 1. The number of alkyl halides is 2. The summed E-state index contributed by atoms with van der Waals surface area (Å²) in [5, 5.41) is 7.67. The number of carbonyl (C=O) groups is 1. The van der Waals surface area contributed by atoms with E-state index in [0.717, 1.165) is 38.2 Å². The maximum atomic E-state index is 13.7. The van der Waals surface area contributed by atoms with Crippen LogP contribution >= 0.6 is 0 Å². The molecule has 1 aromatic heterocycles. The van der Waals surface area contributed by atoms with Crippen molar-refractivity contribution >= 4 is 11.7 Å².